The fourth-order valence-corrected chi connectivity index (χ4v) is 2.12. The normalized spacial score (nSPS) is 25.0. The van der Waals surface area contributed by atoms with Gasteiger partial charge in [0.2, 0.25) is 0 Å². The van der Waals surface area contributed by atoms with Crippen LogP contribution < -0.4 is 11.2 Å². The second-order valence-corrected chi connectivity index (χ2v) is 4.61. The van der Waals surface area contributed by atoms with Crippen LogP contribution in [0.15, 0.2) is 20.9 Å². The van der Waals surface area contributed by atoms with E-state index in [0.29, 0.717) is 10.8 Å². The van der Waals surface area contributed by atoms with Crippen molar-refractivity contribution in [1.29, 1.82) is 0 Å². The van der Waals surface area contributed by atoms with Crippen molar-refractivity contribution >= 4 is 0 Å². The third-order valence-corrected chi connectivity index (χ3v) is 3.19. The van der Waals surface area contributed by atoms with Gasteiger partial charge in [-0.05, 0) is 18.4 Å². The van der Waals surface area contributed by atoms with Gasteiger partial charge in [-0.2, -0.15) is 13.2 Å². The smallest absolute Gasteiger partial charge is 0.393 e. The summed E-state index contributed by atoms with van der Waals surface area (Å²) in [4.78, 5) is 26.9. The number of halogens is 3. The Balaban J connectivity index is 2.45. The molecule has 0 unspecified atom stereocenters. The van der Waals surface area contributed by atoms with Crippen LogP contribution in [0.3, 0.4) is 0 Å². The van der Waals surface area contributed by atoms with Crippen molar-refractivity contribution in [2.45, 2.75) is 31.0 Å². The molecule has 0 bridgehead atoms. The minimum absolute atomic E-state index is 0.00510. The number of ether oxygens (including phenoxy) is 1. The summed E-state index contributed by atoms with van der Waals surface area (Å²) >= 11 is 0. The zero-order valence-electron chi connectivity index (χ0n) is 10.9. The molecule has 9 nitrogen and oxygen atoms in total. The van der Waals surface area contributed by atoms with E-state index in [2.05, 4.69) is 10.0 Å². The lowest BCUT2D eigenvalue weighted by Gasteiger charge is -2.22. The van der Waals surface area contributed by atoms with Gasteiger partial charge in [0, 0.05) is 11.1 Å². The quantitative estimate of drug-likeness (QED) is 0.485. The topological polar surface area (TPSA) is 133 Å². The van der Waals surface area contributed by atoms with Gasteiger partial charge in [-0.3, -0.25) is 14.3 Å². The molecule has 0 aromatic carbocycles. The van der Waals surface area contributed by atoms with Crippen molar-refractivity contribution in [2.75, 3.05) is 6.61 Å². The first kappa shape index (κ1) is 16.1. The van der Waals surface area contributed by atoms with Crippen molar-refractivity contribution in [3.8, 4) is 0 Å². The second-order valence-electron chi connectivity index (χ2n) is 4.61. The van der Waals surface area contributed by atoms with Gasteiger partial charge in [0.25, 0.3) is 5.56 Å². The number of aromatic amines is 1. The highest BCUT2D eigenvalue weighted by Gasteiger charge is 2.42. The molecule has 0 spiro atoms. The molecule has 2 N–H and O–H groups in total. The van der Waals surface area contributed by atoms with Crippen LogP contribution in [0.5, 0.6) is 0 Å². The number of aliphatic hydroxyl groups is 1. The molecule has 120 valence electrons. The molecular weight excluding hydrogens is 311 g/mol. The standard InChI is InChI=1S/C10H10F3N5O4/c11-10(12,13)5-3-18(8(21)15-7(5)20)6-1-2-9(4-19,22-6)16-17-14/h3,6,19H,1-2,4H2,(H,15,20,21)/t6-,9-/m0/s1. The maximum atomic E-state index is 12.7. The van der Waals surface area contributed by atoms with Crippen LogP contribution >= 0.6 is 0 Å². The molecule has 1 fully saturated rings. The third kappa shape index (κ3) is 2.84. The predicted molar refractivity (Wildman–Crippen MR) is 64.6 cm³/mol. The average molecular weight is 321 g/mol. The molecule has 0 radical (unpaired) electrons. The van der Waals surface area contributed by atoms with Crippen LogP contribution in [0, 0.1) is 0 Å². The van der Waals surface area contributed by atoms with Crippen molar-refractivity contribution in [2.24, 2.45) is 5.11 Å². The number of hydrogen-bond donors (Lipinski definition) is 2. The van der Waals surface area contributed by atoms with E-state index in [9.17, 15) is 27.9 Å². The molecule has 0 aliphatic carbocycles. The lowest BCUT2D eigenvalue weighted by atomic mass is 10.1. The Morgan fingerprint density at radius 1 is 1.59 bits per heavy atom. The number of rotatable bonds is 3. The molecule has 0 amide bonds. The predicted octanol–water partition coefficient (Wildman–Crippen LogP) is 0.863. The van der Waals surface area contributed by atoms with Gasteiger partial charge >= 0.3 is 11.9 Å². The summed E-state index contributed by atoms with van der Waals surface area (Å²) in [6, 6.07) is 0. The second kappa shape index (κ2) is 5.48. The largest absolute Gasteiger partial charge is 0.423 e. The number of azide groups is 1. The first-order valence-electron chi connectivity index (χ1n) is 6.00. The molecule has 0 saturated carbocycles. The molecule has 22 heavy (non-hydrogen) atoms. The Kier molecular flexibility index (Phi) is 4.00. The molecule has 1 saturated heterocycles. The Morgan fingerprint density at radius 3 is 2.82 bits per heavy atom. The van der Waals surface area contributed by atoms with Crippen LogP contribution in [0.4, 0.5) is 13.2 Å². The molecule has 2 atom stereocenters. The van der Waals surface area contributed by atoms with Crippen molar-refractivity contribution in [3.63, 3.8) is 0 Å². The Hall–Kier alpha value is -2.30. The highest BCUT2D eigenvalue weighted by atomic mass is 19.4. The van der Waals surface area contributed by atoms with Crippen LogP contribution in [0.25, 0.3) is 10.4 Å². The molecule has 1 aliphatic heterocycles. The number of H-pyrrole nitrogens is 1. The van der Waals surface area contributed by atoms with Crippen LogP contribution in [-0.2, 0) is 10.9 Å². The maximum Gasteiger partial charge on any atom is 0.423 e. The minimum Gasteiger partial charge on any atom is -0.393 e. The van der Waals surface area contributed by atoms with Crippen molar-refractivity contribution < 1.29 is 23.0 Å². The summed E-state index contributed by atoms with van der Waals surface area (Å²) in [6.45, 7) is -0.697. The zero-order valence-corrected chi connectivity index (χ0v) is 10.9. The molecule has 2 heterocycles. The Bertz CT molecular complexity index is 735. The molecular formula is C10H10F3N5O4. The zero-order chi connectivity index (χ0) is 16.5. The number of aliphatic hydroxyl groups excluding tert-OH is 1. The summed E-state index contributed by atoms with van der Waals surface area (Å²) in [7, 11) is 0. The lowest BCUT2D eigenvalue weighted by molar-refractivity contribution is -0.140. The molecule has 1 aromatic heterocycles. The minimum atomic E-state index is -4.94. The van der Waals surface area contributed by atoms with E-state index in [-0.39, 0.29) is 12.8 Å². The average Bonchev–Trinajstić information content (AvgIpc) is 2.82. The maximum absolute atomic E-state index is 12.7. The number of aromatic nitrogens is 2. The Morgan fingerprint density at radius 2 is 2.27 bits per heavy atom. The SMILES string of the molecule is [N-]=[N+]=N[C@@]1(CO)CC[C@@H](n2cc(C(F)(F)F)c(=O)[nH]c2=O)O1. The van der Waals surface area contributed by atoms with Gasteiger partial charge in [-0.15, -0.1) is 0 Å². The number of hydrogen-bond acceptors (Lipinski definition) is 5. The molecule has 1 aliphatic rings. The first-order chi connectivity index (χ1) is 10.2. The van der Waals surface area contributed by atoms with Crippen LogP contribution in [0.2, 0.25) is 0 Å². The van der Waals surface area contributed by atoms with Gasteiger partial charge in [-0.1, -0.05) is 5.11 Å². The summed E-state index contributed by atoms with van der Waals surface area (Å²) in [6.07, 6.45) is -5.78. The van der Waals surface area contributed by atoms with Gasteiger partial charge in [0.15, 0.2) is 5.72 Å². The molecule has 2 rings (SSSR count). The van der Waals surface area contributed by atoms with E-state index in [0.717, 1.165) is 0 Å². The summed E-state index contributed by atoms with van der Waals surface area (Å²) in [5.41, 5.74) is 2.56. The van der Waals surface area contributed by atoms with Crippen molar-refractivity contribution in [1.82, 2.24) is 9.55 Å². The van der Waals surface area contributed by atoms with E-state index < -0.39 is 41.5 Å². The highest BCUT2D eigenvalue weighted by molar-refractivity contribution is 5.09. The van der Waals surface area contributed by atoms with Crippen molar-refractivity contribution in [3.05, 3.63) is 43.0 Å². The van der Waals surface area contributed by atoms with Crippen LogP contribution in [0.1, 0.15) is 24.6 Å². The van der Waals surface area contributed by atoms with E-state index in [1.807, 2.05) is 0 Å². The number of nitrogens with zero attached hydrogens (tertiary/aromatic N) is 4. The van der Waals surface area contributed by atoms with Crippen LogP contribution in [-0.4, -0.2) is 27.0 Å². The van der Waals surface area contributed by atoms with E-state index in [4.69, 9.17) is 10.3 Å². The van der Waals surface area contributed by atoms with E-state index >= 15 is 0 Å². The van der Waals surface area contributed by atoms with Gasteiger partial charge in [0.05, 0.1) is 6.61 Å². The fourth-order valence-electron chi connectivity index (χ4n) is 2.12. The fraction of sp³-hybridized carbons (Fsp3) is 0.600. The van der Waals surface area contributed by atoms with E-state index in [1.165, 1.54) is 0 Å². The summed E-state index contributed by atoms with van der Waals surface area (Å²) < 4.78 is 43.9. The number of nitrogens with one attached hydrogen (secondary N) is 1. The summed E-state index contributed by atoms with van der Waals surface area (Å²) in [5.74, 6) is 0. The summed E-state index contributed by atoms with van der Waals surface area (Å²) in [5, 5.41) is 12.5. The first-order valence-corrected chi connectivity index (χ1v) is 6.00. The lowest BCUT2D eigenvalue weighted by Crippen LogP contribution is -2.37. The monoisotopic (exact) mass is 321 g/mol. The Labute approximate surface area is 119 Å². The van der Waals surface area contributed by atoms with Gasteiger partial charge in [0.1, 0.15) is 11.8 Å². The van der Waals surface area contributed by atoms with Gasteiger partial charge in [-0.25, -0.2) is 4.79 Å². The number of alkyl halides is 3. The molecule has 12 heteroatoms. The highest BCUT2D eigenvalue weighted by Crippen LogP contribution is 2.37. The third-order valence-electron chi connectivity index (χ3n) is 3.19. The van der Waals surface area contributed by atoms with E-state index in [1.54, 1.807) is 4.98 Å². The van der Waals surface area contributed by atoms with Gasteiger partial charge < -0.3 is 9.84 Å². The molecule has 1 aromatic rings.